The van der Waals surface area contributed by atoms with Crippen LogP contribution in [-0.4, -0.2) is 43.1 Å². The summed E-state index contributed by atoms with van der Waals surface area (Å²) in [4.78, 5) is 8.63. The molecule has 0 bridgehead atoms. The van der Waals surface area contributed by atoms with Crippen molar-refractivity contribution in [3.8, 4) is 5.75 Å². The lowest BCUT2D eigenvalue weighted by Crippen LogP contribution is -2.34. The summed E-state index contributed by atoms with van der Waals surface area (Å²) in [6.45, 7) is 5.62. The van der Waals surface area contributed by atoms with Crippen molar-refractivity contribution in [2.24, 2.45) is 5.73 Å². The molecule has 3 aromatic rings. The van der Waals surface area contributed by atoms with Crippen molar-refractivity contribution in [1.82, 2.24) is 14.5 Å². The third kappa shape index (κ3) is 3.37. The number of hydrogen-bond acceptors (Lipinski definition) is 6. The van der Waals surface area contributed by atoms with Crippen molar-refractivity contribution >= 4 is 11.0 Å². The van der Waals surface area contributed by atoms with E-state index >= 15 is 0 Å². The second-order valence-electron chi connectivity index (χ2n) is 7.79. The van der Waals surface area contributed by atoms with Crippen LogP contribution in [0.4, 0.5) is 4.39 Å². The summed E-state index contributed by atoms with van der Waals surface area (Å²) in [7, 11) is 0. The average Bonchev–Trinajstić information content (AvgIpc) is 3.15. The van der Waals surface area contributed by atoms with Gasteiger partial charge in [0.25, 0.3) is 0 Å². The first-order valence-electron chi connectivity index (χ1n) is 9.64. The van der Waals surface area contributed by atoms with Crippen molar-refractivity contribution in [3.05, 3.63) is 53.4 Å². The summed E-state index contributed by atoms with van der Waals surface area (Å²) in [5.74, 6) is 0.00360. The maximum Gasteiger partial charge on any atom is 0.144 e. The van der Waals surface area contributed by atoms with Crippen LogP contribution in [0.1, 0.15) is 42.2 Å². The summed E-state index contributed by atoms with van der Waals surface area (Å²) >= 11 is 0. The smallest absolute Gasteiger partial charge is 0.144 e. The summed E-state index contributed by atoms with van der Waals surface area (Å²) < 4.78 is 21.5. The van der Waals surface area contributed by atoms with Gasteiger partial charge in [0.2, 0.25) is 0 Å². The maximum absolute atomic E-state index is 13.6. The number of nitrogens with zero attached hydrogens (tertiary/aromatic N) is 3. The molecule has 154 valence electrons. The van der Waals surface area contributed by atoms with Crippen LogP contribution in [0.25, 0.3) is 11.0 Å². The van der Waals surface area contributed by atoms with Crippen LogP contribution in [0.2, 0.25) is 0 Å². The molecular formula is C21H25FN4O3. The zero-order chi connectivity index (χ0) is 20.9. The first-order chi connectivity index (χ1) is 13.8. The molecule has 29 heavy (non-hydrogen) atoms. The normalized spacial score (nSPS) is 25.5. The predicted octanol–water partition coefficient (Wildman–Crippen LogP) is 2.32. The number of hydrogen-bond donors (Lipinski definition) is 3. The summed E-state index contributed by atoms with van der Waals surface area (Å²) in [6, 6.07) is 3.28. The van der Waals surface area contributed by atoms with Gasteiger partial charge in [0.05, 0.1) is 11.7 Å². The van der Waals surface area contributed by atoms with Gasteiger partial charge in [-0.3, -0.25) is 0 Å². The number of rotatable bonds is 4. The first kappa shape index (κ1) is 19.8. The van der Waals surface area contributed by atoms with Gasteiger partial charge in [-0.15, -0.1) is 0 Å². The number of ether oxygens (including phenoxy) is 1. The Kier molecular flexibility index (Phi) is 5.02. The summed E-state index contributed by atoms with van der Waals surface area (Å²) in [5.41, 5.74) is 9.03. The Bertz CT molecular complexity index is 1050. The van der Waals surface area contributed by atoms with E-state index < -0.39 is 36.2 Å². The van der Waals surface area contributed by atoms with Gasteiger partial charge in [0, 0.05) is 29.6 Å². The van der Waals surface area contributed by atoms with Crippen LogP contribution in [-0.2, 0) is 0 Å². The van der Waals surface area contributed by atoms with Crippen LogP contribution >= 0.6 is 0 Å². The highest BCUT2D eigenvalue weighted by molar-refractivity contribution is 5.82. The van der Waals surface area contributed by atoms with Gasteiger partial charge < -0.3 is 25.3 Å². The second-order valence-corrected chi connectivity index (χ2v) is 7.79. The number of fused-ring (bicyclic) bond motifs is 1. The monoisotopic (exact) mass is 400 g/mol. The molecule has 4 rings (SSSR count). The largest absolute Gasteiger partial charge is 0.487 e. The Morgan fingerprint density at radius 3 is 2.72 bits per heavy atom. The van der Waals surface area contributed by atoms with E-state index in [9.17, 15) is 14.6 Å². The zero-order valence-electron chi connectivity index (χ0n) is 16.6. The van der Waals surface area contributed by atoms with Crippen LogP contribution in [0.3, 0.4) is 0 Å². The van der Waals surface area contributed by atoms with E-state index in [-0.39, 0.29) is 0 Å². The maximum atomic E-state index is 13.6. The third-order valence-electron chi connectivity index (χ3n) is 5.69. The first-order valence-corrected chi connectivity index (χ1v) is 9.64. The van der Waals surface area contributed by atoms with E-state index in [1.807, 2.05) is 24.6 Å². The van der Waals surface area contributed by atoms with E-state index in [1.165, 1.54) is 24.5 Å². The lowest BCUT2D eigenvalue weighted by Gasteiger charge is -2.21. The Morgan fingerprint density at radius 1 is 1.24 bits per heavy atom. The molecule has 7 nitrogen and oxygen atoms in total. The van der Waals surface area contributed by atoms with Gasteiger partial charge in [-0.2, -0.15) is 0 Å². The topological polar surface area (TPSA) is 106 Å². The molecule has 0 unspecified atom stereocenters. The van der Waals surface area contributed by atoms with E-state index in [2.05, 4.69) is 9.97 Å². The summed E-state index contributed by atoms with van der Waals surface area (Å²) in [6.07, 6.45) is 0.965. The van der Waals surface area contributed by atoms with Crippen molar-refractivity contribution in [2.75, 3.05) is 0 Å². The van der Waals surface area contributed by atoms with Gasteiger partial charge in [-0.25, -0.2) is 14.4 Å². The molecule has 2 heterocycles. The van der Waals surface area contributed by atoms with Crippen LogP contribution in [0, 0.1) is 19.7 Å². The van der Waals surface area contributed by atoms with Crippen molar-refractivity contribution in [2.45, 2.75) is 57.6 Å². The fourth-order valence-electron chi connectivity index (χ4n) is 4.21. The minimum atomic E-state index is -1.10. The van der Waals surface area contributed by atoms with Gasteiger partial charge in [0.15, 0.2) is 0 Å². The van der Waals surface area contributed by atoms with Crippen molar-refractivity contribution in [3.63, 3.8) is 0 Å². The number of benzene rings is 1. The molecule has 0 aliphatic heterocycles. The molecule has 1 aromatic carbocycles. The molecule has 0 amide bonds. The SMILES string of the molecule is Cc1cn([C@@H]2C[C@H](Oc3ccc(F)cc3[C@@H](C)N)[C@@H](O)[C@H]2O)c2ncnc(C)c12. The number of aliphatic hydroxyl groups excluding tert-OH is 2. The highest BCUT2D eigenvalue weighted by atomic mass is 19.1. The molecule has 8 heteroatoms. The molecule has 2 aromatic heterocycles. The van der Waals surface area contributed by atoms with Gasteiger partial charge >= 0.3 is 0 Å². The molecule has 5 atom stereocenters. The Labute approximate surface area is 168 Å². The van der Waals surface area contributed by atoms with Crippen molar-refractivity contribution < 1.29 is 19.3 Å². The van der Waals surface area contributed by atoms with E-state index in [4.69, 9.17) is 10.5 Å². The van der Waals surface area contributed by atoms with Crippen LogP contribution in [0.15, 0.2) is 30.7 Å². The zero-order valence-corrected chi connectivity index (χ0v) is 16.6. The van der Waals surface area contributed by atoms with Crippen LogP contribution in [0.5, 0.6) is 5.75 Å². The van der Waals surface area contributed by atoms with E-state index in [0.29, 0.717) is 23.4 Å². The number of aryl methyl sites for hydroxylation is 2. The predicted molar refractivity (Wildman–Crippen MR) is 106 cm³/mol. The van der Waals surface area contributed by atoms with E-state index in [0.717, 1.165) is 16.6 Å². The average molecular weight is 400 g/mol. The highest BCUT2D eigenvalue weighted by Crippen LogP contribution is 2.38. The number of aromatic nitrogens is 3. The standard InChI is InChI=1S/C21H25FN4O3/c1-10-8-26(21-18(10)12(3)24-9-25-21)15-7-17(20(28)19(15)27)29-16-5-4-13(22)6-14(16)11(2)23/h4-6,8-9,11,15,17,19-20,27-28H,7,23H2,1-3H3/t11-,15-,17+,19+,20-/m1/s1. The molecule has 0 radical (unpaired) electrons. The summed E-state index contributed by atoms with van der Waals surface area (Å²) in [5, 5.41) is 22.3. The Hall–Kier alpha value is -2.55. The van der Waals surface area contributed by atoms with Gasteiger partial charge in [-0.05, 0) is 44.5 Å². The molecule has 0 saturated heterocycles. The molecule has 1 saturated carbocycles. The minimum absolute atomic E-state index is 0.365. The highest BCUT2D eigenvalue weighted by Gasteiger charge is 2.44. The van der Waals surface area contributed by atoms with Gasteiger partial charge in [-0.1, -0.05) is 0 Å². The molecule has 0 spiro atoms. The van der Waals surface area contributed by atoms with Crippen LogP contribution < -0.4 is 10.5 Å². The quantitative estimate of drug-likeness (QED) is 0.621. The lowest BCUT2D eigenvalue weighted by molar-refractivity contribution is -0.0166. The molecular weight excluding hydrogens is 375 g/mol. The minimum Gasteiger partial charge on any atom is -0.487 e. The Morgan fingerprint density at radius 2 is 2.00 bits per heavy atom. The fourth-order valence-corrected chi connectivity index (χ4v) is 4.21. The number of aliphatic hydroxyl groups is 2. The molecule has 4 N–H and O–H groups in total. The number of nitrogens with two attached hydrogens (primary N) is 1. The fraction of sp³-hybridized carbons (Fsp3) is 0.429. The van der Waals surface area contributed by atoms with Crippen molar-refractivity contribution in [1.29, 1.82) is 0 Å². The third-order valence-corrected chi connectivity index (χ3v) is 5.69. The van der Waals surface area contributed by atoms with E-state index in [1.54, 1.807) is 6.92 Å². The lowest BCUT2D eigenvalue weighted by atomic mass is 10.1. The number of halogens is 1. The second kappa shape index (κ2) is 7.37. The molecule has 1 aliphatic rings. The molecule has 1 aliphatic carbocycles. The Balaban J connectivity index is 1.66. The van der Waals surface area contributed by atoms with Gasteiger partial charge in [0.1, 0.15) is 41.9 Å². The molecule has 1 fully saturated rings.